The number of nitrogens with one attached hydrogen (secondary N) is 1. The number of rotatable bonds is 4. The number of hydrogen-bond acceptors (Lipinski definition) is 4. The minimum atomic E-state index is -0.313. The van der Waals surface area contributed by atoms with Gasteiger partial charge in [-0.2, -0.15) is 0 Å². The number of morpholine rings is 1. The van der Waals surface area contributed by atoms with Crippen molar-refractivity contribution in [1.29, 1.82) is 0 Å². The second kappa shape index (κ2) is 6.14. The lowest BCUT2D eigenvalue weighted by Crippen LogP contribution is -2.50. The molecule has 4 heteroatoms. The quantitative estimate of drug-likeness (QED) is 0.769. The van der Waals surface area contributed by atoms with Crippen LogP contribution in [0.25, 0.3) is 0 Å². The van der Waals surface area contributed by atoms with Gasteiger partial charge < -0.3 is 15.2 Å². The number of hydrogen-bond donors (Lipinski definition) is 2. The van der Waals surface area contributed by atoms with E-state index < -0.39 is 0 Å². The van der Waals surface area contributed by atoms with E-state index >= 15 is 0 Å². The zero-order chi connectivity index (χ0) is 13.1. The van der Waals surface area contributed by atoms with E-state index in [0.29, 0.717) is 6.54 Å². The molecule has 4 nitrogen and oxygen atoms in total. The number of ether oxygens (including phenoxy) is 1. The molecule has 3 atom stereocenters. The summed E-state index contributed by atoms with van der Waals surface area (Å²) >= 11 is 0. The average Bonchev–Trinajstić information content (AvgIpc) is 2.11. The molecule has 0 aromatic rings. The fourth-order valence-corrected chi connectivity index (χ4v) is 2.22. The molecule has 1 fully saturated rings. The van der Waals surface area contributed by atoms with Crippen molar-refractivity contribution in [2.24, 2.45) is 0 Å². The summed E-state index contributed by atoms with van der Waals surface area (Å²) in [6.07, 6.45) is 0.217. The molecular weight excluding hydrogens is 216 g/mol. The van der Waals surface area contributed by atoms with E-state index in [2.05, 4.69) is 44.8 Å². The van der Waals surface area contributed by atoms with Crippen molar-refractivity contribution in [2.45, 2.75) is 58.5 Å². The second-order valence-electron chi connectivity index (χ2n) is 6.26. The average molecular weight is 244 g/mol. The summed E-state index contributed by atoms with van der Waals surface area (Å²) in [7, 11) is 0. The molecule has 1 heterocycles. The Hall–Kier alpha value is -0.160. The third-order valence-electron chi connectivity index (χ3n) is 2.83. The van der Waals surface area contributed by atoms with Crippen molar-refractivity contribution in [3.63, 3.8) is 0 Å². The van der Waals surface area contributed by atoms with Crippen LogP contribution in [0.4, 0.5) is 0 Å². The normalized spacial score (nSPS) is 29.3. The SMILES string of the molecule is CC1CN(CC(O)CNC(C)(C)C)CC(C)O1. The molecule has 2 N–H and O–H groups in total. The van der Waals surface area contributed by atoms with Crippen LogP contribution in [-0.2, 0) is 4.74 Å². The zero-order valence-corrected chi connectivity index (χ0v) is 11.9. The lowest BCUT2D eigenvalue weighted by Gasteiger charge is -2.36. The molecule has 1 rings (SSSR count). The van der Waals surface area contributed by atoms with Gasteiger partial charge in [-0.25, -0.2) is 0 Å². The van der Waals surface area contributed by atoms with Crippen molar-refractivity contribution in [1.82, 2.24) is 10.2 Å². The maximum atomic E-state index is 9.99. The Morgan fingerprint density at radius 2 is 1.82 bits per heavy atom. The van der Waals surface area contributed by atoms with Crippen molar-refractivity contribution in [3.05, 3.63) is 0 Å². The molecule has 0 bridgehead atoms. The molecule has 0 aromatic carbocycles. The first kappa shape index (κ1) is 14.9. The van der Waals surface area contributed by atoms with Crippen molar-refractivity contribution >= 4 is 0 Å². The Labute approximate surface area is 105 Å². The minimum absolute atomic E-state index is 0.0621. The first-order chi connectivity index (χ1) is 7.76. The van der Waals surface area contributed by atoms with E-state index in [1.165, 1.54) is 0 Å². The first-order valence-electron chi connectivity index (χ1n) is 6.57. The van der Waals surface area contributed by atoms with Gasteiger partial charge in [-0.3, -0.25) is 4.90 Å². The van der Waals surface area contributed by atoms with Crippen LogP contribution in [0.3, 0.4) is 0 Å². The Bertz CT molecular complexity index is 218. The standard InChI is InChI=1S/C13H28N2O2/c1-10-7-15(8-11(2)17-10)9-12(16)6-14-13(3,4)5/h10-12,14,16H,6-9H2,1-5H3. The van der Waals surface area contributed by atoms with E-state index in [1.807, 2.05) is 0 Å². The van der Waals surface area contributed by atoms with Crippen LogP contribution in [0.2, 0.25) is 0 Å². The van der Waals surface area contributed by atoms with Crippen molar-refractivity contribution in [2.75, 3.05) is 26.2 Å². The van der Waals surface area contributed by atoms with Crippen LogP contribution < -0.4 is 5.32 Å². The molecule has 0 saturated carbocycles. The van der Waals surface area contributed by atoms with E-state index in [9.17, 15) is 5.11 Å². The first-order valence-corrected chi connectivity index (χ1v) is 6.57. The highest BCUT2D eigenvalue weighted by Gasteiger charge is 2.24. The fourth-order valence-electron chi connectivity index (χ4n) is 2.22. The molecule has 1 aliphatic rings. The van der Waals surface area contributed by atoms with E-state index in [4.69, 9.17) is 4.74 Å². The monoisotopic (exact) mass is 244 g/mol. The molecular formula is C13H28N2O2. The summed E-state index contributed by atoms with van der Waals surface area (Å²) in [6, 6.07) is 0. The van der Waals surface area contributed by atoms with Gasteiger partial charge in [-0.15, -0.1) is 0 Å². The van der Waals surface area contributed by atoms with Crippen LogP contribution in [-0.4, -0.2) is 60.0 Å². The highest BCUT2D eigenvalue weighted by molar-refractivity contribution is 4.78. The number of nitrogens with zero attached hydrogens (tertiary/aromatic N) is 1. The molecule has 0 aromatic heterocycles. The van der Waals surface area contributed by atoms with Crippen LogP contribution >= 0.6 is 0 Å². The van der Waals surface area contributed by atoms with Crippen LogP contribution in [0.5, 0.6) is 0 Å². The van der Waals surface area contributed by atoms with Crippen molar-refractivity contribution in [3.8, 4) is 0 Å². The van der Waals surface area contributed by atoms with Gasteiger partial charge in [-0.05, 0) is 34.6 Å². The summed E-state index contributed by atoms with van der Waals surface area (Å²) in [4.78, 5) is 2.29. The summed E-state index contributed by atoms with van der Waals surface area (Å²) < 4.78 is 5.67. The Morgan fingerprint density at radius 3 is 2.29 bits per heavy atom. The summed E-state index contributed by atoms with van der Waals surface area (Å²) in [5.41, 5.74) is 0.0621. The minimum Gasteiger partial charge on any atom is -0.390 e. The van der Waals surface area contributed by atoms with Gasteiger partial charge >= 0.3 is 0 Å². The largest absolute Gasteiger partial charge is 0.390 e. The van der Waals surface area contributed by atoms with E-state index in [0.717, 1.165) is 19.6 Å². The molecule has 1 saturated heterocycles. The molecule has 102 valence electrons. The lowest BCUT2D eigenvalue weighted by atomic mass is 10.1. The van der Waals surface area contributed by atoms with Gasteiger partial charge in [0.2, 0.25) is 0 Å². The maximum absolute atomic E-state index is 9.99. The lowest BCUT2D eigenvalue weighted by molar-refractivity contribution is -0.0764. The maximum Gasteiger partial charge on any atom is 0.0791 e. The van der Waals surface area contributed by atoms with Gasteiger partial charge in [0, 0.05) is 31.7 Å². The van der Waals surface area contributed by atoms with Gasteiger partial charge in [0.25, 0.3) is 0 Å². The highest BCUT2D eigenvalue weighted by Crippen LogP contribution is 2.11. The predicted molar refractivity (Wildman–Crippen MR) is 70.2 cm³/mol. The Morgan fingerprint density at radius 1 is 1.29 bits per heavy atom. The van der Waals surface area contributed by atoms with Crippen molar-refractivity contribution < 1.29 is 9.84 Å². The number of aliphatic hydroxyl groups is 1. The third-order valence-corrected chi connectivity index (χ3v) is 2.83. The summed E-state index contributed by atoms with van der Waals surface area (Å²) in [5.74, 6) is 0. The molecule has 0 radical (unpaired) electrons. The smallest absolute Gasteiger partial charge is 0.0791 e. The number of aliphatic hydroxyl groups excluding tert-OH is 1. The van der Waals surface area contributed by atoms with Gasteiger partial charge in [0.1, 0.15) is 0 Å². The zero-order valence-electron chi connectivity index (χ0n) is 11.9. The molecule has 0 aliphatic carbocycles. The Balaban J connectivity index is 2.28. The van der Waals surface area contributed by atoms with E-state index in [-0.39, 0.29) is 23.9 Å². The Kier molecular flexibility index (Phi) is 5.38. The fraction of sp³-hybridized carbons (Fsp3) is 1.00. The predicted octanol–water partition coefficient (Wildman–Crippen LogP) is 0.845. The molecule has 0 amide bonds. The van der Waals surface area contributed by atoms with Crippen LogP contribution in [0.15, 0.2) is 0 Å². The molecule has 0 spiro atoms. The summed E-state index contributed by atoms with van der Waals surface area (Å²) in [5, 5.41) is 13.3. The number of β-amino-alcohol motifs (C(OH)–C–C–N with tert-alkyl or cyclic N) is 1. The van der Waals surface area contributed by atoms with Gasteiger partial charge in [0.05, 0.1) is 18.3 Å². The third kappa shape index (κ3) is 6.36. The van der Waals surface area contributed by atoms with Crippen LogP contribution in [0, 0.1) is 0 Å². The van der Waals surface area contributed by atoms with E-state index in [1.54, 1.807) is 0 Å². The second-order valence-corrected chi connectivity index (χ2v) is 6.26. The summed E-state index contributed by atoms with van der Waals surface area (Å²) in [6.45, 7) is 13.7. The molecule has 17 heavy (non-hydrogen) atoms. The highest BCUT2D eigenvalue weighted by atomic mass is 16.5. The van der Waals surface area contributed by atoms with Gasteiger partial charge in [-0.1, -0.05) is 0 Å². The molecule has 3 unspecified atom stereocenters. The van der Waals surface area contributed by atoms with Crippen LogP contribution in [0.1, 0.15) is 34.6 Å². The van der Waals surface area contributed by atoms with Gasteiger partial charge in [0.15, 0.2) is 0 Å². The molecule has 1 aliphatic heterocycles. The topological polar surface area (TPSA) is 44.7 Å².